The van der Waals surface area contributed by atoms with Gasteiger partial charge in [0.25, 0.3) is 5.69 Å². The number of nitro benzene ring substituents is 1. The number of rotatable bonds is 8. The van der Waals surface area contributed by atoms with Gasteiger partial charge in [-0.25, -0.2) is 8.42 Å². The highest BCUT2D eigenvalue weighted by molar-refractivity contribution is 7.92. The molecule has 1 aliphatic heterocycles. The fraction of sp³-hybridized carbons (Fsp3) is 0.185. The van der Waals surface area contributed by atoms with Gasteiger partial charge >= 0.3 is 0 Å². The fourth-order valence-corrected chi connectivity index (χ4v) is 5.66. The van der Waals surface area contributed by atoms with Crippen LogP contribution < -0.4 is 19.7 Å². The van der Waals surface area contributed by atoms with Crippen LogP contribution in [-0.2, 0) is 10.0 Å². The van der Waals surface area contributed by atoms with Crippen LogP contribution in [0.4, 0.5) is 17.1 Å². The van der Waals surface area contributed by atoms with Gasteiger partial charge in [0.1, 0.15) is 23.3 Å². The molecule has 0 spiro atoms. The summed E-state index contributed by atoms with van der Waals surface area (Å²) in [5.74, 6) is 1.33. The number of non-ortho nitro benzene ring substituents is 1. The topological polar surface area (TPSA) is 140 Å². The summed E-state index contributed by atoms with van der Waals surface area (Å²) in [4.78, 5) is 17.2. The van der Waals surface area contributed by atoms with Gasteiger partial charge in [-0.3, -0.25) is 19.8 Å². The standard InChI is InChI=1S/C27H25N5O6S2/c1-16-14-17(8-10-20(16)30-40(3,35)36)31-26(25(29-27(31)39)21-6-4-5-13-28-21)23-12-11-22(38-23)19-9-7-18(32(33)34)15-24(19)37-2/h4-15,25-26,30H,1-3H3,(H,29,39)/t25-,26+/m1/s1. The monoisotopic (exact) mass is 579 g/mol. The van der Waals surface area contributed by atoms with Crippen LogP contribution in [0.5, 0.6) is 5.75 Å². The number of nitro groups is 1. The molecule has 2 atom stereocenters. The lowest BCUT2D eigenvalue weighted by Gasteiger charge is -2.26. The van der Waals surface area contributed by atoms with E-state index in [0.29, 0.717) is 39.2 Å². The lowest BCUT2D eigenvalue weighted by molar-refractivity contribution is -0.384. The summed E-state index contributed by atoms with van der Waals surface area (Å²) in [6.07, 6.45) is 2.80. The van der Waals surface area contributed by atoms with Crippen molar-refractivity contribution in [3.8, 4) is 17.1 Å². The Kier molecular flexibility index (Phi) is 7.17. The number of furan rings is 1. The molecule has 1 fully saturated rings. The molecule has 0 bridgehead atoms. The van der Waals surface area contributed by atoms with Gasteiger partial charge in [-0.2, -0.15) is 0 Å². The molecule has 0 radical (unpaired) electrons. The number of anilines is 2. The van der Waals surface area contributed by atoms with Crippen molar-refractivity contribution in [2.24, 2.45) is 0 Å². The van der Waals surface area contributed by atoms with Crippen LogP contribution in [0, 0.1) is 17.0 Å². The van der Waals surface area contributed by atoms with Crippen molar-refractivity contribution in [2.75, 3.05) is 23.0 Å². The molecule has 0 aliphatic carbocycles. The van der Waals surface area contributed by atoms with E-state index in [1.165, 1.54) is 19.2 Å². The molecular formula is C27H25N5O6S2. The number of nitrogens with one attached hydrogen (secondary N) is 2. The van der Waals surface area contributed by atoms with E-state index in [-0.39, 0.29) is 11.7 Å². The van der Waals surface area contributed by atoms with E-state index in [0.717, 1.165) is 17.6 Å². The largest absolute Gasteiger partial charge is 0.496 e. The third-order valence-corrected chi connectivity index (χ3v) is 7.37. The Morgan fingerprint density at radius 2 is 1.95 bits per heavy atom. The normalized spacial score (nSPS) is 17.0. The Labute approximate surface area is 236 Å². The number of methoxy groups -OCH3 is 1. The predicted octanol–water partition coefficient (Wildman–Crippen LogP) is 5.12. The molecule has 40 heavy (non-hydrogen) atoms. The average molecular weight is 580 g/mol. The van der Waals surface area contributed by atoms with Gasteiger partial charge in [0.05, 0.1) is 47.3 Å². The molecule has 4 aromatic rings. The van der Waals surface area contributed by atoms with Gasteiger partial charge in [-0.1, -0.05) is 6.07 Å². The molecule has 2 aromatic carbocycles. The first kappa shape index (κ1) is 27.1. The Morgan fingerprint density at radius 3 is 2.60 bits per heavy atom. The van der Waals surface area contributed by atoms with Crippen LogP contribution in [0.1, 0.15) is 29.1 Å². The zero-order valence-electron chi connectivity index (χ0n) is 21.7. The summed E-state index contributed by atoms with van der Waals surface area (Å²) < 4.78 is 37.9. The molecule has 0 amide bonds. The third kappa shape index (κ3) is 5.33. The maximum Gasteiger partial charge on any atom is 0.273 e. The molecule has 206 valence electrons. The fourth-order valence-electron chi connectivity index (χ4n) is 4.69. The van der Waals surface area contributed by atoms with E-state index in [1.807, 2.05) is 35.2 Å². The SMILES string of the molecule is COc1cc([N+](=O)[O-])ccc1-c1ccc([C@H]2[C@@H](c3ccccn3)NC(=S)N2c2ccc(NS(C)(=O)=O)c(C)c2)o1. The van der Waals surface area contributed by atoms with Crippen molar-refractivity contribution in [1.29, 1.82) is 0 Å². The number of sulfonamides is 1. The Balaban J connectivity index is 1.59. The van der Waals surface area contributed by atoms with E-state index in [9.17, 15) is 18.5 Å². The molecule has 0 unspecified atom stereocenters. The predicted molar refractivity (Wildman–Crippen MR) is 155 cm³/mol. The minimum atomic E-state index is -3.45. The van der Waals surface area contributed by atoms with Gasteiger partial charge < -0.3 is 19.4 Å². The molecule has 1 aliphatic rings. The van der Waals surface area contributed by atoms with Crippen molar-refractivity contribution in [1.82, 2.24) is 10.3 Å². The summed E-state index contributed by atoms with van der Waals surface area (Å²) in [5, 5.41) is 15.0. The lowest BCUT2D eigenvalue weighted by Crippen LogP contribution is -2.29. The molecule has 2 N–H and O–H groups in total. The summed E-state index contributed by atoms with van der Waals surface area (Å²) >= 11 is 5.77. The number of ether oxygens (including phenoxy) is 1. The molecule has 13 heteroatoms. The maximum absolute atomic E-state index is 11.8. The van der Waals surface area contributed by atoms with Gasteiger partial charge in [-0.05, 0) is 73.2 Å². The molecule has 3 heterocycles. The number of thiocarbonyl (C=S) groups is 1. The number of aromatic nitrogens is 1. The van der Waals surface area contributed by atoms with Crippen molar-refractivity contribution < 1.29 is 22.5 Å². The lowest BCUT2D eigenvalue weighted by atomic mass is 10.0. The summed E-state index contributed by atoms with van der Waals surface area (Å²) in [7, 11) is -2.01. The van der Waals surface area contributed by atoms with E-state index in [2.05, 4.69) is 15.0 Å². The second-order valence-electron chi connectivity index (χ2n) is 9.21. The van der Waals surface area contributed by atoms with Crippen LogP contribution in [0.15, 0.2) is 77.3 Å². The number of hydrogen-bond donors (Lipinski definition) is 2. The first-order valence-corrected chi connectivity index (χ1v) is 14.4. The molecule has 0 saturated carbocycles. The first-order valence-electron chi connectivity index (χ1n) is 12.1. The molecular weight excluding hydrogens is 554 g/mol. The van der Waals surface area contributed by atoms with Gasteiger partial charge in [0.15, 0.2) is 5.11 Å². The van der Waals surface area contributed by atoms with Crippen molar-refractivity contribution in [3.05, 3.63) is 100 Å². The molecule has 2 aromatic heterocycles. The Bertz CT molecular complexity index is 1710. The first-order chi connectivity index (χ1) is 19.1. The second kappa shape index (κ2) is 10.6. The highest BCUT2D eigenvalue weighted by atomic mass is 32.2. The number of hydrogen-bond acceptors (Lipinski definition) is 8. The van der Waals surface area contributed by atoms with Crippen molar-refractivity contribution >= 4 is 44.4 Å². The van der Waals surface area contributed by atoms with Crippen LogP contribution in [0.2, 0.25) is 0 Å². The number of nitrogens with zero attached hydrogens (tertiary/aromatic N) is 3. The van der Waals surface area contributed by atoms with Crippen LogP contribution in [0.25, 0.3) is 11.3 Å². The minimum absolute atomic E-state index is 0.0942. The number of aryl methyl sites for hydroxylation is 1. The Morgan fingerprint density at radius 1 is 1.15 bits per heavy atom. The van der Waals surface area contributed by atoms with Gasteiger partial charge in [0.2, 0.25) is 10.0 Å². The number of pyridine rings is 1. The molecule has 11 nitrogen and oxygen atoms in total. The summed E-state index contributed by atoms with van der Waals surface area (Å²) in [6.45, 7) is 1.81. The highest BCUT2D eigenvalue weighted by Crippen LogP contribution is 2.44. The third-order valence-electron chi connectivity index (χ3n) is 6.46. The van der Waals surface area contributed by atoms with Crippen LogP contribution >= 0.6 is 12.2 Å². The average Bonchev–Trinajstić information content (AvgIpc) is 3.53. The van der Waals surface area contributed by atoms with E-state index < -0.39 is 21.0 Å². The molecule has 5 rings (SSSR count). The zero-order valence-corrected chi connectivity index (χ0v) is 23.3. The van der Waals surface area contributed by atoms with Crippen molar-refractivity contribution in [2.45, 2.75) is 19.0 Å². The smallest absolute Gasteiger partial charge is 0.273 e. The second-order valence-corrected chi connectivity index (χ2v) is 11.3. The van der Waals surface area contributed by atoms with E-state index in [4.69, 9.17) is 21.4 Å². The Hall–Kier alpha value is -4.49. The van der Waals surface area contributed by atoms with E-state index in [1.54, 1.807) is 37.4 Å². The van der Waals surface area contributed by atoms with Crippen molar-refractivity contribution in [3.63, 3.8) is 0 Å². The highest BCUT2D eigenvalue weighted by Gasteiger charge is 2.42. The van der Waals surface area contributed by atoms with Crippen LogP contribution in [-0.4, -0.2) is 36.8 Å². The van der Waals surface area contributed by atoms with Gasteiger partial charge in [0, 0.05) is 18.0 Å². The maximum atomic E-state index is 11.8. The molecule has 1 saturated heterocycles. The van der Waals surface area contributed by atoms with Crippen LogP contribution in [0.3, 0.4) is 0 Å². The number of benzene rings is 2. The minimum Gasteiger partial charge on any atom is -0.496 e. The quantitative estimate of drug-likeness (QED) is 0.164. The van der Waals surface area contributed by atoms with Gasteiger partial charge in [-0.15, -0.1) is 0 Å². The van der Waals surface area contributed by atoms with E-state index >= 15 is 0 Å². The summed E-state index contributed by atoms with van der Waals surface area (Å²) in [6, 6.07) is 18.0. The summed E-state index contributed by atoms with van der Waals surface area (Å²) in [5.41, 5.74) is 3.11. The zero-order chi connectivity index (χ0) is 28.6.